The number of nitrogens with zero attached hydrogens (tertiary/aromatic N) is 1. The molecule has 5 atom stereocenters. The number of ether oxygens (including phenoxy) is 2. The highest BCUT2D eigenvalue weighted by molar-refractivity contribution is 7.81. The van der Waals surface area contributed by atoms with Crippen LogP contribution in [0.5, 0.6) is 5.75 Å². The lowest BCUT2D eigenvalue weighted by molar-refractivity contribution is -0.0799. The average molecular weight is 460 g/mol. The number of thiol groups is 1. The molecule has 2 heterocycles. The first-order chi connectivity index (χ1) is 13.5. The van der Waals surface area contributed by atoms with Crippen LogP contribution in [-0.4, -0.2) is 28.1 Å². The minimum atomic E-state index is -0.0190. The van der Waals surface area contributed by atoms with Crippen LogP contribution in [0.1, 0.15) is 42.5 Å². The third kappa shape index (κ3) is 4.47. The molecule has 1 N–H and O–H groups in total. The van der Waals surface area contributed by atoms with Crippen molar-refractivity contribution in [3.05, 3.63) is 44.3 Å². The van der Waals surface area contributed by atoms with Crippen molar-refractivity contribution >= 4 is 47.2 Å². The Morgan fingerprint density at radius 2 is 2.14 bits per heavy atom. The molecular weight excluding hydrogens is 437 g/mol. The van der Waals surface area contributed by atoms with Crippen molar-refractivity contribution in [3.63, 3.8) is 0 Å². The SMILES string of the molecule is OCc1csc([C@H]2CC[C@@H]3C(CCOc4ccc(Cl)c(Cl)c4)[C@H](S)C[C@@H]3O2)n1. The lowest BCUT2D eigenvalue weighted by Gasteiger charge is -2.34. The molecule has 1 aliphatic carbocycles. The van der Waals surface area contributed by atoms with Gasteiger partial charge in [0.05, 0.1) is 35.1 Å². The Balaban J connectivity index is 1.32. The second-order valence-corrected chi connectivity index (χ2v) is 9.79. The van der Waals surface area contributed by atoms with Crippen LogP contribution in [-0.2, 0) is 11.3 Å². The van der Waals surface area contributed by atoms with E-state index >= 15 is 0 Å². The highest BCUT2D eigenvalue weighted by atomic mass is 35.5. The molecule has 2 aliphatic rings. The third-order valence-electron chi connectivity index (χ3n) is 5.71. The minimum absolute atomic E-state index is 0.0190. The fourth-order valence-electron chi connectivity index (χ4n) is 4.34. The molecule has 1 saturated carbocycles. The van der Waals surface area contributed by atoms with Gasteiger partial charge in [0.25, 0.3) is 0 Å². The predicted molar refractivity (Wildman–Crippen MR) is 116 cm³/mol. The summed E-state index contributed by atoms with van der Waals surface area (Å²) in [5.74, 6) is 1.72. The Kier molecular flexibility index (Phi) is 6.75. The molecule has 1 aromatic carbocycles. The molecule has 2 aromatic rings. The second kappa shape index (κ2) is 9.11. The number of aliphatic hydroxyl groups excluding tert-OH is 1. The molecule has 0 amide bonds. The molecule has 0 bridgehead atoms. The lowest BCUT2D eigenvalue weighted by atomic mass is 9.85. The summed E-state index contributed by atoms with van der Waals surface area (Å²) < 4.78 is 12.3. The van der Waals surface area contributed by atoms with Gasteiger partial charge in [-0.15, -0.1) is 11.3 Å². The maximum Gasteiger partial charge on any atom is 0.122 e. The van der Waals surface area contributed by atoms with Gasteiger partial charge in [-0.3, -0.25) is 0 Å². The van der Waals surface area contributed by atoms with E-state index in [2.05, 4.69) is 4.98 Å². The smallest absolute Gasteiger partial charge is 0.122 e. The van der Waals surface area contributed by atoms with Crippen molar-refractivity contribution in [2.75, 3.05) is 6.61 Å². The quantitative estimate of drug-likeness (QED) is 0.554. The normalized spacial score (nSPS) is 29.6. The molecule has 1 saturated heterocycles. The maximum atomic E-state index is 9.23. The van der Waals surface area contributed by atoms with Crippen molar-refractivity contribution in [1.82, 2.24) is 4.98 Å². The molecule has 28 heavy (non-hydrogen) atoms. The van der Waals surface area contributed by atoms with Crippen LogP contribution in [0.3, 0.4) is 0 Å². The first-order valence-electron chi connectivity index (χ1n) is 9.51. The number of rotatable bonds is 6. The lowest BCUT2D eigenvalue weighted by Crippen LogP contribution is -2.30. The fourth-order valence-corrected chi connectivity index (χ4v) is 6.08. The molecule has 0 spiro atoms. The molecule has 152 valence electrons. The van der Waals surface area contributed by atoms with Crippen molar-refractivity contribution in [3.8, 4) is 5.75 Å². The number of aromatic nitrogens is 1. The second-order valence-electron chi connectivity index (χ2n) is 7.42. The van der Waals surface area contributed by atoms with Gasteiger partial charge in [-0.05, 0) is 49.7 Å². The van der Waals surface area contributed by atoms with Gasteiger partial charge in [0.1, 0.15) is 16.9 Å². The van der Waals surface area contributed by atoms with E-state index in [-0.39, 0.29) is 18.8 Å². The maximum absolute atomic E-state index is 9.23. The van der Waals surface area contributed by atoms with Crippen LogP contribution in [0.25, 0.3) is 0 Å². The van der Waals surface area contributed by atoms with Crippen molar-refractivity contribution in [1.29, 1.82) is 0 Å². The average Bonchev–Trinajstić information content (AvgIpc) is 3.28. The molecule has 4 rings (SSSR count). The Hall–Kier alpha value is -0.500. The summed E-state index contributed by atoms with van der Waals surface area (Å²) in [7, 11) is 0. The summed E-state index contributed by atoms with van der Waals surface area (Å²) in [5.41, 5.74) is 0.724. The first kappa shape index (κ1) is 20.8. The highest BCUT2D eigenvalue weighted by Gasteiger charge is 2.46. The summed E-state index contributed by atoms with van der Waals surface area (Å²) in [6.45, 7) is 0.605. The van der Waals surface area contributed by atoms with E-state index in [0.29, 0.717) is 33.7 Å². The van der Waals surface area contributed by atoms with Gasteiger partial charge in [0.2, 0.25) is 0 Å². The van der Waals surface area contributed by atoms with Gasteiger partial charge in [0.15, 0.2) is 0 Å². The topological polar surface area (TPSA) is 51.6 Å². The molecule has 8 heteroatoms. The Bertz CT molecular complexity index is 818. The number of thiazole rings is 1. The summed E-state index contributed by atoms with van der Waals surface area (Å²) in [6.07, 6.45) is 4.23. The van der Waals surface area contributed by atoms with Gasteiger partial charge in [-0.2, -0.15) is 12.6 Å². The first-order valence-corrected chi connectivity index (χ1v) is 11.7. The number of aliphatic hydroxyl groups is 1. The van der Waals surface area contributed by atoms with Crippen LogP contribution < -0.4 is 4.74 Å². The molecule has 1 aromatic heterocycles. The van der Waals surface area contributed by atoms with E-state index in [1.807, 2.05) is 11.4 Å². The highest BCUT2D eigenvalue weighted by Crippen LogP contribution is 2.48. The van der Waals surface area contributed by atoms with Crippen molar-refractivity contribution < 1.29 is 14.6 Å². The minimum Gasteiger partial charge on any atom is -0.494 e. The van der Waals surface area contributed by atoms with E-state index in [1.54, 1.807) is 23.5 Å². The van der Waals surface area contributed by atoms with Crippen LogP contribution in [0, 0.1) is 11.8 Å². The zero-order chi connectivity index (χ0) is 19.7. The van der Waals surface area contributed by atoms with E-state index < -0.39 is 0 Å². The molecule has 1 unspecified atom stereocenters. The Labute approximate surface area is 184 Å². The predicted octanol–water partition coefficient (Wildman–Crippen LogP) is 5.57. The van der Waals surface area contributed by atoms with Crippen LogP contribution in [0.2, 0.25) is 10.0 Å². The van der Waals surface area contributed by atoms with E-state index in [1.165, 1.54) is 0 Å². The zero-order valence-corrected chi connectivity index (χ0v) is 18.5. The monoisotopic (exact) mass is 459 g/mol. The van der Waals surface area contributed by atoms with E-state index in [4.69, 9.17) is 45.3 Å². The van der Waals surface area contributed by atoms with Gasteiger partial charge in [-0.25, -0.2) is 4.98 Å². The molecule has 2 fully saturated rings. The molecule has 0 radical (unpaired) electrons. The van der Waals surface area contributed by atoms with Crippen molar-refractivity contribution in [2.45, 2.75) is 49.7 Å². The number of benzene rings is 1. The number of fused-ring (bicyclic) bond motifs is 1. The number of hydrogen-bond acceptors (Lipinski definition) is 6. The zero-order valence-electron chi connectivity index (χ0n) is 15.3. The van der Waals surface area contributed by atoms with Crippen LogP contribution in [0.4, 0.5) is 0 Å². The molecular formula is C20H23Cl2NO3S2. The van der Waals surface area contributed by atoms with Gasteiger partial charge >= 0.3 is 0 Å². The Morgan fingerprint density at radius 1 is 1.29 bits per heavy atom. The summed E-state index contributed by atoms with van der Waals surface area (Å²) in [4.78, 5) is 4.49. The van der Waals surface area contributed by atoms with E-state index in [9.17, 15) is 5.11 Å². The van der Waals surface area contributed by atoms with E-state index in [0.717, 1.165) is 42.1 Å². The van der Waals surface area contributed by atoms with Gasteiger partial charge in [-0.1, -0.05) is 23.2 Å². The number of halogens is 2. The largest absolute Gasteiger partial charge is 0.494 e. The van der Waals surface area contributed by atoms with Crippen LogP contribution in [0.15, 0.2) is 23.6 Å². The number of hydrogen-bond donors (Lipinski definition) is 2. The van der Waals surface area contributed by atoms with Gasteiger partial charge in [0, 0.05) is 16.7 Å². The van der Waals surface area contributed by atoms with Crippen LogP contribution >= 0.6 is 47.2 Å². The van der Waals surface area contributed by atoms with Gasteiger partial charge < -0.3 is 14.6 Å². The fraction of sp³-hybridized carbons (Fsp3) is 0.550. The Morgan fingerprint density at radius 3 is 2.89 bits per heavy atom. The molecule has 1 aliphatic heterocycles. The summed E-state index contributed by atoms with van der Waals surface area (Å²) >= 11 is 18.4. The third-order valence-corrected chi connectivity index (χ3v) is 8.03. The molecule has 4 nitrogen and oxygen atoms in total. The standard InChI is InChI=1S/C20H23Cl2NO3S2/c21-15-3-1-12(7-16(15)22)25-6-5-14-13-2-4-17(26-18(13)8-19(14)27)20-23-11(9-24)10-28-20/h1,3,7,10,13-14,17-19,24,27H,2,4-6,8-9H2/t13-,14?,17-,18+,19-/m1/s1. The van der Waals surface area contributed by atoms with Crippen molar-refractivity contribution in [2.24, 2.45) is 11.8 Å². The summed E-state index contributed by atoms with van der Waals surface area (Å²) in [5, 5.41) is 13.5. The summed E-state index contributed by atoms with van der Waals surface area (Å²) in [6, 6.07) is 5.34.